The number of carbonyl (C=O) groups excluding carboxylic acids is 1. The Morgan fingerprint density at radius 3 is 2.35 bits per heavy atom. The first-order valence-corrected chi connectivity index (χ1v) is 7.06. The van der Waals surface area contributed by atoms with E-state index in [9.17, 15) is 4.79 Å². The molecule has 0 aromatic heterocycles. The first-order valence-electron chi connectivity index (χ1n) is 7.06. The molecule has 0 fully saturated rings. The fourth-order valence-corrected chi connectivity index (χ4v) is 2.10. The molecule has 114 valence electrons. The summed E-state index contributed by atoms with van der Waals surface area (Å²) in [6.45, 7) is 6.85. The average Bonchev–Trinajstić information content (AvgIpc) is 2.36. The highest BCUT2D eigenvalue weighted by Crippen LogP contribution is 2.07. The predicted molar refractivity (Wildman–Crippen MR) is 87.2 cm³/mol. The second-order valence-electron chi connectivity index (χ2n) is 5.62. The molecule has 0 saturated carbocycles. The first kappa shape index (κ1) is 18.9. The van der Waals surface area contributed by atoms with Crippen LogP contribution >= 0.6 is 12.4 Å². The number of rotatable bonds is 7. The minimum absolute atomic E-state index is 0. The number of hydrogen-bond acceptors (Lipinski definition) is 2. The fraction of sp³-hybridized carbons (Fsp3) is 0.562. The van der Waals surface area contributed by atoms with E-state index in [0.29, 0.717) is 18.9 Å². The van der Waals surface area contributed by atoms with Gasteiger partial charge in [0.1, 0.15) is 0 Å². The molecule has 1 amide bonds. The second-order valence-corrected chi connectivity index (χ2v) is 5.62. The highest BCUT2D eigenvalue weighted by Gasteiger charge is 2.12. The van der Waals surface area contributed by atoms with Crippen molar-refractivity contribution < 1.29 is 4.79 Å². The Labute approximate surface area is 128 Å². The molecule has 1 aromatic rings. The summed E-state index contributed by atoms with van der Waals surface area (Å²) in [5, 5.41) is 3.02. The summed E-state index contributed by atoms with van der Waals surface area (Å²) in [6, 6.07) is 8.42. The zero-order valence-electron chi connectivity index (χ0n) is 12.7. The van der Waals surface area contributed by atoms with Gasteiger partial charge in [0.2, 0.25) is 5.91 Å². The van der Waals surface area contributed by atoms with Gasteiger partial charge in [-0.25, -0.2) is 0 Å². The maximum absolute atomic E-state index is 11.9. The van der Waals surface area contributed by atoms with E-state index in [1.807, 2.05) is 0 Å². The molecule has 1 unspecified atom stereocenters. The van der Waals surface area contributed by atoms with Crippen LogP contribution in [0.25, 0.3) is 0 Å². The largest absolute Gasteiger partial charge is 0.352 e. The summed E-state index contributed by atoms with van der Waals surface area (Å²) < 4.78 is 0. The number of aryl methyl sites for hydroxylation is 2. The maximum atomic E-state index is 11.9. The van der Waals surface area contributed by atoms with Crippen molar-refractivity contribution >= 4 is 18.3 Å². The smallest absolute Gasteiger partial charge is 0.220 e. The molecule has 4 heteroatoms. The van der Waals surface area contributed by atoms with E-state index in [0.717, 1.165) is 12.8 Å². The average molecular weight is 299 g/mol. The van der Waals surface area contributed by atoms with Gasteiger partial charge in [0.15, 0.2) is 0 Å². The molecule has 1 rings (SSSR count). The molecule has 0 aliphatic carbocycles. The van der Waals surface area contributed by atoms with E-state index in [1.165, 1.54) is 11.1 Å². The molecule has 1 atom stereocenters. The van der Waals surface area contributed by atoms with E-state index < -0.39 is 0 Å². The van der Waals surface area contributed by atoms with E-state index in [4.69, 9.17) is 5.73 Å². The van der Waals surface area contributed by atoms with Gasteiger partial charge in [-0.1, -0.05) is 43.7 Å². The molecule has 3 N–H and O–H groups in total. The van der Waals surface area contributed by atoms with E-state index in [2.05, 4.69) is 50.4 Å². The van der Waals surface area contributed by atoms with Crippen LogP contribution in [0.4, 0.5) is 0 Å². The van der Waals surface area contributed by atoms with E-state index in [1.54, 1.807) is 0 Å². The van der Waals surface area contributed by atoms with E-state index >= 15 is 0 Å². The fourth-order valence-electron chi connectivity index (χ4n) is 2.10. The monoisotopic (exact) mass is 298 g/mol. The Bertz CT molecular complexity index is 390. The Kier molecular flexibility index (Phi) is 9.26. The third-order valence-electron chi connectivity index (χ3n) is 3.17. The van der Waals surface area contributed by atoms with Gasteiger partial charge in [-0.15, -0.1) is 12.4 Å². The van der Waals surface area contributed by atoms with E-state index in [-0.39, 0.29) is 24.4 Å². The van der Waals surface area contributed by atoms with Crippen LogP contribution in [0.2, 0.25) is 0 Å². The molecular weight excluding hydrogens is 272 g/mol. The third-order valence-corrected chi connectivity index (χ3v) is 3.17. The van der Waals surface area contributed by atoms with Crippen LogP contribution in [0.3, 0.4) is 0 Å². The van der Waals surface area contributed by atoms with Crippen LogP contribution < -0.4 is 11.1 Å². The number of amides is 1. The Morgan fingerprint density at radius 2 is 1.85 bits per heavy atom. The molecule has 1 aromatic carbocycles. The molecule has 0 spiro atoms. The predicted octanol–water partition coefficient (Wildman–Crippen LogP) is 2.84. The first-order chi connectivity index (χ1) is 9.01. The van der Waals surface area contributed by atoms with Gasteiger partial charge in [-0.3, -0.25) is 4.79 Å². The van der Waals surface area contributed by atoms with Crippen molar-refractivity contribution in [2.75, 3.05) is 6.54 Å². The number of nitrogens with one attached hydrogen (secondary N) is 1. The topological polar surface area (TPSA) is 55.1 Å². The van der Waals surface area contributed by atoms with Gasteiger partial charge in [0.05, 0.1) is 0 Å². The summed E-state index contributed by atoms with van der Waals surface area (Å²) in [5.41, 5.74) is 8.13. The van der Waals surface area contributed by atoms with Gasteiger partial charge >= 0.3 is 0 Å². The van der Waals surface area contributed by atoms with Crippen LogP contribution in [0, 0.1) is 12.8 Å². The normalized spacial score (nSPS) is 11.8. The highest BCUT2D eigenvalue weighted by molar-refractivity contribution is 5.85. The Balaban J connectivity index is 0.00000361. The maximum Gasteiger partial charge on any atom is 0.220 e. The minimum atomic E-state index is 0. The van der Waals surface area contributed by atoms with Crippen LogP contribution in [-0.4, -0.2) is 18.5 Å². The van der Waals surface area contributed by atoms with Crippen molar-refractivity contribution in [1.82, 2.24) is 5.32 Å². The minimum Gasteiger partial charge on any atom is -0.352 e. The molecule has 20 heavy (non-hydrogen) atoms. The van der Waals surface area contributed by atoms with Gasteiger partial charge in [0.25, 0.3) is 0 Å². The van der Waals surface area contributed by atoms with Crippen LogP contribution in [0.1, 0.15) is 37.8 Å². The van der Waals surface area contributed by atoms with Gasteiger partial charge < -0.3 is 11.1 Å². The molecule has 0 saturated heterocycles. The Hall–Kier alpha value is -1.06. The van der Waals surface area contributed by atoms with Crippen molar-refractivity contribution in [2.24, 2.45) is 11.7 Å². The Morgan fingerprint density at radius 1 is 1.25 bits per heavy atom. The molecule has 0 heterocycles. The van der Waals surface area contributed by atoms with Crippen molar-refractivity contribution in [3.63, 3.8) is 0 Å². The quantitative estimate of drug-likeness (QED) is 0.813. The molecule has 0 aliphatic heterocycles. The number of hydrogen-bond donors (Lipinski definition) is 2. The summed E-state index contributed by atoms with van der Waals surface area (Å²) >= 11 is 0. The van der Waals surface area contributed by atoms with Crippen LogP contribution in [0.15, 0.2) is 24.3 Å². The number of nitrogens with two attached hydrogens (primary N) is 1. The summed E-state index contributed by atoms with van der Waals surface area (Å²) in [7, 11) is 0. The highest BCUT2D eigenvalue weighted by atomic mass is 35.5. The summed E-state index contributed by atoms with van der Waals surface area (Å²) in [5.74, 6) is 0.641. The van der Waals surface area contributed by atoms with Gasteiger partial charge in [0, 0.05) is 19.0 Å². The molecular formula is C16H27ClN2O. The van der Waals surface area contributed by atoms with Crippen LogP contribution in [-0.2, 0) is 11.2 Å². The lowest BCUT2D eigenvalue weighted by Crippen LogP contribution is -2.41. The third kappa shape index (κ3) is 7.51. The van der Waals surface area contributed by atoms with Gasteiger partial charge in [-0.2, -0.15) is 0 Å². The summed E-state index contributed by atoms with van der Waals surface area (Å²) in [6.07, 6.45) is 2.25. The zero-order valence-corrected chi connectivity index (χ0v) is 13.5. The van der Waals surface area contributed by atoms with Crippen molar-refractivity contribution in [3.8, 4) is 0 Å². The lowest BCUT2D eigenvalue weighted by Gasteiger charge is -2.18. The SMILES string of the molecule is Cc1ccc(CCC(=O)NC(CN)CC(C)C)cc1.Cl. The molecule has 0 radical (unpaired) electrons. The lowest BCUT2D eigenvalue weighted by molar-refractivity contribution is -0.121. The number of halogens is 1. The number of carbonyl (C=O) groups is 1. The number of benzene rings is 1. The van der Waals surface area contributed by atoms with Crippen molar-refractivity contribution in [3.05, 3.63) is 35.4 Å². The lowest BCUT2D eigenvalue weighted by atomic mass is 10.0. The standard InChI is InChI=1S/C16H26N2O.ClH/c1-12(2)10-15(11-17)18-16(19)9-8-14-6-4-13(3)5-7-14;/h4-7,12,15H,8-11,17H2,1-3H3,(H,18,19);1H. The van der Waals surface area contributed by atoms with Gasteiger partial charge in [-0.05, 0) is 31.2 Å². The molecule has 0 aliphatic rings. The zero-order chi connectivity index (χ0) is 14.3. The molecule has 0 bridgehead atoms. The molecule has 3 nitrogen and oxygen atoms in total. The summed E-state index contributed by atoms with van der Waals surface area (Å²) in [4.78, 5) is 11.9. The van der Waals surface area contributed by atoms with Crippen molar-refractivity contribution in [1.29, 1.82) is 0 Å². The van der Waals surface area contributed by atoms with Crippen molar-refractivity contribution in [2.45, 2.75) is 46.1 Å². The van der Waals surface area contributed by atoms with Crippen LogP contribution in [0.5, 0.6) is 0 Å². The second kappa shape index (κ2) is 9.78.